The molecule has 0 saturated carbocycles. The van der Waals surface area contributed by atoms with Crippen molar-refractivity contribution in [2.45, 2.75) is 52.9 Å². The third-order valence-electron chi connectivity index (χ3n) is 5.55. The van der Waals surface area contributed by atoms with E-state index in [9.17, 15) is 9.59 Å². The van der Waals surface area contributed by atoms with E-state index >= 15 is 0 Å². The van der Waals surface area contributed by atoms with Crippen LogP contribution in [-0.4, -0.2) is 24.7 Å². The number of carbonyl (C=O) groups is 1. The summed E-state index contributed by atoms with van der Waals surface area (Å²) in [6.07, 6.45) is 2.96. The average molecular weight is 383 g/mol. The molecule has 5 heteroatoms. The van der Waals surface area contributed by atoms with E-state index in [1.807, 2.05) is 6.92 Å². The maximum atomic E-state index is 12.5. The third kappa shape index (κ3) is 3.71. The van der Waals surface area contributed by atoms with Crippen molar-refractivity contribution in [1.29, 1.82) is 0 Å². The van der Waals surface area contributed by atoms with Gasteiger partial charge >= 0.3 is 5.97 Å². The van der Waals surface area contributed by atoms with Gasteiger partial charge in [0.2, 0.25) is 0 Å². The number of aromatic amines is 1. The second-order valence-electron chi connectivity index (χ2n) is 7.87. The van der Waals surface area contributed by atoms with Gasteiger partial charge in [0, 0.05) is 5.56 Å². The standard InChI is InChI=1S/C23H29NO4/c1-6-7-8-28-20-11-15-10-16(13(2)3)18-12-19(23(26)27-5)22(25)24-21(18)17(15)9-14(20)4/h9,11-13,16H,6-8,10H2,1-5H3,(H,24,25). The number of pyridine rings is 1. The number of unbranched alkanes of at least 4 members (excludes halogenated alkanes) is 1. The molecule has 1 aromatic carbocycles. The molecular weight excluding hydrogens is 354 g/mol. The predicted molar refractivity (Wildman–Crippen MR) is 110 cm³/mol. The molecule has 0 bridgehead atoms. The van der Waals surface area contributed by atoms with Crippen molar-refractivity contribution in [1.82, 2.24) is 4.98 Å². The summed E-state index contributed by atoms with van der Waals surface area (Å²) in [7, 11) is 1.29. The summed E-state index contributed by atoms with van der Waals surface area (Å²) in [5, 5.41) is 0. The molecular formula is C23H29NO4. The number of methoxy groups -OCH3 is 1. The second-order valence-corrected chi connectivity index (χ2v) is 7.87. The lowest BCUT2D eigenvalue weighted by Crippen LogP contribution is -2.25. The molecule has 0 aliphatic heterocycles. The summed E-state index contributed by atoms with van der Waals surface area (Å²) >= 11 is 0. The molecule has 5 nitrogen and oxygen atoms in total. The predicted octanol–water partition coefficient (Wildman–Crippen LogP) is 4.61. The van der Waals surface area contributed by atoms with Crippen LogP contribution in [0.15, 0.2) is 23.0 Å². The molecule has 1 aliphatic carbocycles. The minimum atomic E-state index is -0.604. The molecule has 0 spiro atoms. The van der Waals surface area contributed by atoms with E-state index in [1.54, 1.807) is 6.07 Å². The maximum Gasteiger partial charge on any atom is 0.343 e. The Labute approximate surface area is 166 Å². The number of carbonyl (C=O) groups excluding carboxylic acids is 1. The molecule has 1 aliphatic rings. The number of nitrogens with one attached hydrogen (secondary N) is 1. The van der Waals surface area contributed by atoms with Crippen LogP contribution in [0.2, 0.25) is 0 Å². The summed E-state index contributed by atoms with van der Waals surface area (Å²) in [4.78, 5) is 27.5. The Morgan fingerprint density at radius 1 is 1.29 bits per heavy atom. The number of esters is 1. The van der Waals surface area contributed by atoms with Gasteiger partial charge in [0.1, 0.15) is 11.3 Å². The number of aromatic nitrogens is 1. The monoisotopic (exact) mass is 383 g/mol. The fourth-order valence-corrected chi connectivity index (χ4v) is 3.88. The number of ether oxygens (including phenoxy) is 2. The van der Waals surface area contributed by atoms with E-state index in [0.29, 0.717) is 12.5 Å². The first-order valence-corrected chi connectivity index (χ1v) is 9.99. The van der Waals surface area contributed by atoms with Crippen LogP contribution >= 0.6 is 0 Å². The molecule has 150 valence electrons. The summed E-state index contributed by atoms with van der Waals surface area (Å²) in [6.45, 7) is 9.20. The highest BCUT2D eigenvalue weighted by molar-refractivity contribution is 5.90. The second kappa shape index (κ2) is 8.21. The first-order chi connectivity index (χ1) is 13.4. The topological polar surface area (TPSA) is 68.4 Å². The number of fused-ring (bicyclic) bond motifs is 3. The number of aryl methyl sites for hydroxylation is 1. The van der Waals surface area contributed by atoms with Gasteiger partial charge in [-0.2, -0.15) is 0 Å². The molecule has 0 saturated heterocycles. The van der Waals surface area contributed by atoms with E-state index in [1.165, 1.54) is 12.7 Å². The summed E-state index contributed by atoms with van der Waals surface area (Å²) in [5.41, 5.74) is 4.68. The quantitative estimate of drug-likeness (QED) is 0.584. The van der Waals surface area contributed by atoms with Gasteiger partial charge in [0.05, 0.1) is 19.4 Å². The van der Waals surface area contributed by atoms with Crippen LogP contribution in [-0.2, 0) is 11.2 Å². The van der Waals surface area contributed by atoms with Gasteiger partial charge in [-0.05, 0) is 66.5 Å². The lowest BCUT2D eigenvalue weighted by atomic mass is 9.75. The molecule has 1 aromatic heterocycles. The number of H-pyrrole nitrogens is 1. The highest BCUT2D eigenvalue weighted by Gasteiger charge is 2.30. The van der Waals surface area contributed by atoms with Crippen molar-refractivity contribution in [2.75, 3.05) is 13.7 Å². The van der Waals surface area contributed by atoms with E-state index in [4.69, 9.17) is 9.47 Å². The van der Waals surface area contributed by atoms with Crippen LogP contribution in [0.25, 0.3) is 11.3 Å². The Hall–Kier alpha value is -2.56. The zero-order chi connectivity index (χ0) is 20.4. The molecule has 1 atom stereocenters. The van der Waals surface area contributed by atoms with Gasteiger partial charge in [0.25, 0.3) is 5.56 Å². The molecule has 0 fully saturated rings. The van der Waals surface area contributed by atoms with E-state index < -0.39 is 11.5 Å². The van der Waals surface area contributed by atoms with Crippen molar-refractivity contribution in [3.8, 4) is 17.0 Å². The molecule has 28 heavy (non-hydrogen) atoms. The normalized spacial score (nSPS) is 15.1. The lowest BCUT2D eigenvalue weighted by Gasteiger charge is -2.31. The summed E-state index contributed by atoms with van der Waals surface area (Å²) in [5.74, 6) is 0.864. The maximum absolute atomic E-state index is 12.5. The van der Waals surface area contributed by atoms with Crippen LogP contribution in [0, 0.1) is 12.8 Å². The first kappa shape index (κ1) is 20.2. The highest BCUT2D eigenvalue weighted by Crippen LogP contribution is 2.43. The van der Waals surface area contributed by atoms with Crippen LogP contribution in [0.4, 0.5) is 0 Å². The largest absolute Gasteiger partial charge is 0.493 e. The van der Waals surface area contributed by atoms with Crippen LogP contribution in [0.3, 0.4) is 0 Å². The van der Waals surface area contributed by atoms with Crippen LogP contribution in [0.5, 0.6) is 5.75 Å². The number of hydrogen-bond donors (Lipinski definition) is 1. The number of rotatable bonds is 6. The van der Waals surface area contributed by atoms with E-state index in [0.717, 1.165) is 47.4 Å². The van der Waals surface area contributed by atoms with E-state index in [-0.39, 0.29) is 11.5 Å². The van der Waals surface area contributed by atoms with Gasteiger partial charge in [-0.15, -0.1) is 0 Å². The zero-order valence-electron chi connectivity index (χ0n) is 17.3. The molecule has 1 N–H and O–H groups in total. The van der Waals surface area contributed by atoms with Crippen molar-refractivity contribution >= 4 is 5.97 Å². The minimum absolute atomic E-state index is 0.0617. The highest BCUT2D eigenvalue weighted by atomic mass is 16.5. The third-order valence-corrected chi connectivity index (χ3v) is 5.55. The summed E-state index contributed by atoms with van der Waals surface area (Å²) < 4.78 is 10.8. The Balaban J connectivity index is 2.13. The SMILES string of the molecule is CCCCOc1cc2c(cc1C)-c1[nH]c(=O)c(C(=O)OC)cc1C(C(C)C)C2. The molecule has 0 radical (unpaired) electrons. The van der Waals surface area contributed by atoms with Crippen LogP contribution < -0.4 is 10.3 Å². The van der Waals surface area contributed by atoms with Gasteiger partial charge in [-0.3, -0.25) is 4.79 Å². The van der Waals surface area contributed by atoms with Crippen molar-refractivity contribution in [3.63, 3.8) is 0 Å². The minimum Gasteiger partial charge on any atom is -0.493 e. The fourth-order valence-electron chi connectivity index (χ4n) is 3.88. The Morgan fingerprint density at radius 2 is 2.04 bits per heavy atom. The Morgan fingerprint density at radius 3 is 2.68 bits per heavy atom. The first-order valence-electron chi connectivity index (χ1n) is 9.99. The van der Waals surface area contributed by atoms with Gasteiger partial charge in [-0.25, -0.2) is 4.79 Å². The molecule has 0 amide bonds. The van der Waals surface area contributed by atoms with Gasteiger partial charge in [-0.1, -0.05) is 27.2 Å². The van der Waals surface area contributed by atoms with Gasteiger partial charge in [0.15, 0.2) is 0 Å². The zero-order valence-corrected chi connectivity index (χ0v) is 17.3. The molecule has 1 heterocycles. The Kier molecular flexibility index (Phi) is 5.92. The van der Waals surface area contributed by atoms with Crippen molar-refractivity contribution in [3.05, 3.63) is 50.8 Å². The lowest BCUT2D eigenvalue weighted by molar-refractivity contribution is 0.0598. The molecule has 3 rings (SSSR count). The number of benzene rings is 1. The fraction of sp³-hybridized carbons (Fsp3) is 0.478. The van der Waals surface area contributed by atoms with Crippen molar-refractivity contribution in [2.24, 2.45) is 5.92 Å². The Bertz CT molecular complexity index is 942. The molecule has 1 unspecified atom stereocenters. The average Bonchev–Trinajstić information content (AvgIpc) is 2.67. The van der Waals surface area contributed by atoms with Crippen molar-refractivity contribution < 1.29 is 14.3 Å². The number of hydrogen-bond acceptors (Lipinski definition) is 4. The molecule has 2 aromatic rings. The summed E-state index contributed by atoms with van der Waals surface area (Å²) in [6, 6.07) is 5.92. The van der Waals surface area contributed by atoms with E-state index in [2.05, 4.69) is 37.9 Å². The van der Waals surface area contributed by atoms with Crippen LogP contribution in [0.1, 0.15) is 66.6 Å². The smallest absolute Gasteiger partial charge is 0.343 e. The van der Waals surface area contributed by atoms with Gasteiger partial charge < -0.3 is 14.5 Å².